The van der Waals surface area contributed by atoms with E-state index in [1.807, 2.05) is 26.2 Å². The van der Waals surface area contributed by atoms with Gasteiger partial charge in [-0.3, -0.25) is 0 Å². The van der Waals surface area contributed by atoms with E-state index in [0.717, 1.165) is 45.6 Å². The van der Waals surface area contributed by atoms with Crippen molar-refractivity contribution in [3.05, 3.63) is 35.5 Å². The minimum absolute atomic E-state index is 0.00258. The zero-order valence-electron chi connectivity index (χ0n) is 14.4. The number of pyridine rings is 1. The summed E-state index contributed by atoms with van der Waals surface area (Å²) in [6.07, 6.45) is 5.75. The van der Waals surface area contributed by atoms with Crippen LogP contribution in [0.1, 0.15) is 42.7 Å². The van der Waals surface area contributed by atoms with Crippen molar-refractivity contribution in [2.24, 2.45) is 5.92 Å². The third-order valence-electron chi connectivity index (χ3n) is 5.28. The van der Waals surface area contributed by atoms with Crippen molar-refractivity contribution in [1.82, 2.24) is 15.1 Å². The van der Waals surface area contributed by atoms with E-state index in [9.17, 15) is 8.78 Å². The number of aromatic nitrogens is 3. The van der Waals surface area contributed by atoms with Crippen LogP contribution in [0.3, 0.4) is 0 Å². The summed E-state index contributed by atoms with van der Waals surface area (Å²) in [5.41, 5.74) is 4.75. The molecule has 6 heteroatoms. The van der Waals surface area contributed by atoms with Gasteiger partial charge in [0.05, 0.1) is 5.69 Å². The Balaban J connectivity index is 1.63. The van der Waals surface area contributed by atoms with Crippen molar-refractivity contribution in [3.8, 4) is 11.1 Å². The van der Waals surface area contributed by atoms with Gasteiger partial charge in [-0.25, -0.2) is 13.8 Å². The van der Waals surface area contributed by atoms with Gasteiger partial charge in [-0.15, -0.1) is 0 Å². The van der Waals surface area contributed by atoms with E-state index in [1.54, 1.807) is 0 Å². The molecule has 1 aliphatic rings. The molecule has 0 bridgehead atoms. The van der Waals surface area contributed by atoms with Crippen molar-refractivity contribution < 1.29 is 13.3 Å². The number of hydrogen-bond donors (Lipinski definition) is 1. The molecule has 1 aliphatic carbocycles. The second kappa shape index (κ2) is 5.93. The molecule has 0 aliphatic heterocycles. The maximum atomic E-state index is 13.4. The Labute approximate surface area is 144 Å². The molecule has 0 aromatic carbocycles. The van der Waals surface area contributed by atoms with Gasteiger partial charge in [-0.2, -0.15) is 0 Å². The van der Waals surface area contributed by atoms with E-state index in [0.29, 0.717) is 18.8 Å². The first kappa shape index (κ1) is 16.2. The van der Waals surface area contributed by atoms with Gasteiger partial charge in [0, 0.05) is 41.7 Å². The van der Waals surface area contributed by atoms with Crippen molar-refractivity contribution in [1.29, 1.82) is 0 Å². The van der Waals surface area contributed by atoms with Crippen LogP contribution in [0.4, 0.5) is 8.78 Å². The molecule has 0 atom stereocenters. The van der Waals surface area contributed by atoms with E-state index < -0.39 is 5.92 Å². The molecule has 25 heavy (non-hydrogen) atoms. The number of nitrogens with zero attached hydrogens (tertiary/aromatic N) is 2. The highest BCUT2D eigenvalue weighted by Crippen LogP contribution is 2.38. The first-order valence-electron chi connectivity index (χ1n) is 8.70. The molecular formula is C19H21F2N3O. The van der Waals surface area contributed by atoms with Crippen molar-refractivity contribution in [2.75, 3.05) is 0 Å². The molecule has 0 unspecified atom stereocenters. The smallest absolute Gasteiger partial charge is 0.248 e. The molecule has 4 rings (SSSR count). The number of nitrogens with one attached hydrogen (secondary N) is 1. The van der Waals surface area contributed by atoms with E-state index in [4.69, 9.17) is 4.52 Å². The standard InChI is InChI=1S/C19H21F2N3O/c1-11-17(12(2)25-24-11)15-8-16-14(9-22-18(16)23-10-15)7-13-3-5-19(20,21)6-4-13/h8-10,13H,3-7H2,1-2H3,(H,22,23). The molecular weight excluding hydrogens is 324 g/mol. The fourth-order valence-corrected chi connectivity index (χ4v) is 3.87. The molecule has 3 aromatic heterocycles. The lowest BCUT2D eigenvalue weighted by Gasteiger charge is -2.28. The molecule has 1 N–H and O–H groups in total. The Morgan fingerprint density at radius 1 is 1.28 bits per heavy atom. The number of fused-ring (bicyclic) bond motifs is 1. The van der Waals surface area contributed by atoms with Gasteiger partial charge in [-0.1, -0.05) is 5.16 Å². The summed E-state index contributed by atoms with van der Waals surface area (Å²) in [6, 6.07) is 2.10. The lowest BCUT2D eigenvalue weighted by Crippen LogP contribution is -2.25. The summed E-state index contributed by atoms with van der Waals surface area (Å²) in [5.74, 6) is -1.40. The van der Waals surface area contributed by atoms with E-state index in [2.05, 4.69) is 21.2 Å². The molecule has 132 valence electrons. The maximum Gasteiger partial charge on any atom is 0.248 e. The van der Waals surface area contributed by atoms with Crippen LogP contribution in [-0.4, -0.2) is 21.0 Å². The number of halogens is 2. The summed E-state index contributed by atoms with van der Waals surface area (Å²) in [6.45, 7) is 3.80. The van der Waals surface area contributed by atoms with Crippen molar-refractivity contribution >= 4 is 11.0 Å². The van der Waals surface area contributed by atoms with Gasteiger partial charge in [0.15, 0.2) is 0 Å². The molecule has 3 aromatic rings. The quantitative estimate of drug-likeness (QED) is 0.709. The van der Waals surface area contributed by atoms with Gasteiger partial charge in [0.1, 0.15) is 11.4 Å². The van der Waals surface area contributed by atoms with Gasteiger partial charge >= 0.3 is 0 Å². The molecule has 0 saturated heterocycles. The second-order valence-electron chi connectivity index (χ2n) is 7.14. The fourth-order valence-electron chi connectivity index (χ4n) is 3.87. The van der Waals surface area contributed by atoms with E-state index in [-0.39, 0.29) is 12.8 Å². The summed E-state index contributed by atoms with van der Waals surface area (Å²) < 4.78 is 32.0. The summed E-state index contributed by atoms with van der Waals surface area (Å²) in [4.78, 5) is 7.71. The highest BCUT2D eigenvalue weighted by atomic mass is 19.3. The average Bonchev–Trinajstić information content (AvgIpc) is 3.12. The highest BCUT2D eigenvalue weighted by Gasteiger charge is 2.35. The van der Waals surface area contributed by atoms with Gasteiger partial charge in [-0.05, 0) is 50.7 Å². The Hall–Kier alpha value is -2.24. The normalized spacial score (nSPS) is 18.1. The zero-order chi connectivity index (χ0) is 17.6. The van der Waals surface area contributed by atoms with Crippen LogP contribution in [0.25, 0.3) is 22.2 Å². The Kier molecular flexibility index (Phi) is 3.85. The number of aromatic amines is 1. The van der Waals surface area contributed by atoms with Gasteiger partial charge in [0.25, 0.3) is 0 Å². The third-order valence-corrected chi connectivity index (χ3v) is 5.28. The Bertz CT molecular complexity index is 883. The Morgan fingerprint density at radius 2 is 2.04 bits per heavy atom. The van der Waals surface area contributed by atoms with Gasteiger partial charge in [0.2, 0.25) is 5.92 Å². The molecule has 0 radical (unpaired) electrons. The molecule has 0 amide bonds. The van der Waals surface area contributed by atoms with Crippen LogP contribution < -0.4 is 0 Å². The van der Waals surface area contributed by atoms with Gasteiger partial charge < -0.3 is 9.51 Å². The van der Waals surface area contributed by atoms with Crippen LogP contribution in [0.2, 0.25) is 0 Å². The highest BCUT2D eigenvalue weighted by molar-refractivity contribution is 5.85. The Morgan fingerprint density at radius 3 is 2.72 bits per heavy atom. The van der Waals surface area contributed by atoms with Crippen LogP contribution in [0.5, 0.6) is 0 Å². The zero-order valence-corrected chi connectivity index (χ0v) is 14.4. The maximum absolute atomic E-state index is 13.4. The van der Waals surface area contributed by atoms with Crippen LogP contribution in [-0.2, 0) is 6.42 Å². The predicted molar refractivity (Wildman–Crippen MR) is 91.7 cm³/mol. The molecule has 4 nitrogen and oxygen atoms in total. The fraction of sp³-hybridized carbons (Fsp3) is 0.474. The lowest BCUT2D eigenvalue weighted by atomic mass is 9.83. The van der Waals surface area contributed by atoms with Crippen molar-refractivity contribution in [2.45, 2.75) is 51.9 Å². The molecule has 0 spiro atoms. The predicted octanol–water partition coefficient (Wildman–Crippen LogP) is 5.20. The average molecular weight is 345 g/mol. The first-order chi connectivity index (χ1) is 11.9. The minimum atomic E-state index is -2.48. The van der Waals surface area contributed by atoms with E-state index in [1.165, 1.54) is 0 Å². The summed E-state index contributed by atoms with van der Waals surface area (Å²) in [5, 5.41) is 5.06. The summed E-state index contributed by atoms with van der Waals surface area (Å²) in [7, 11) is 0. The minimum Gasteiger partial charge on any atom is -0.361 e. The second-order valence-corrected chi connectivity index (χ2v) is 7.14. The van der Waals surface area contributed by atoms with E-state index >= 15 is 0 Å². The first-order valence-corrected chi connectivity index (χ1v) is 8.70. The number of alkyl halides is 2. The molecule has 3 heterocycles. The van der Waals surface area contributed by atoms with Crippen LogP contribution in [0, 0.1) is 19.8 Å². The molecule has 1 fully saturated rings. The number of H-pyrrole nitrogens is 1. The van der Waals surface area contributed by atoms with Crippen molar-refractivity contribution in [3.63, 3.8) is 0 Å². The number of rotatable bonds is 3. The number of hydrogen-bond acceptors (Lipinski definition) is 3. The topological polar surface area (TPSA) is 54.7 Å². The number of aryl methyl sites for hydroxylation is 2. The SMILES string of the molecule is Cc1noc(C)c1-c1cnc2[nH]cc(CC3CCC(F)(F)CC3)c2c1. The third kappa shape index (κ3) is 3.05. The van der Waals surface area contributed by atoms with Crippen LogP contribution >= 0.6 is 0 Å². The lowest BCUT2D eigenvalue weighted by molar-refractivity contribution is -0.0456. The monoisotopic (exact) mass is 345 g/mol. The van der Waals surface area contributed by atoms with Crippen LogP contribution in [0.15, 0.2) is 23.0 Å². The molecule has 1 saturated carbocycles. The summed E-state index contributed by atoms with van der Waals surface area (Å²) >= 11 is 0. The largest absolute Gasteiger partial charge is 0.361 e.